The molecule has 5 aromatic rings. The number of oxazole rings is 1. The monoisotopic (exact) mass is 520 g/mol. The molecular weight excluding hydrogens is 504 g/mol. The number of benzene rings is 4. The standard InChI is InChI=1S/C26H18BrClN2O3/c1-14-7-8-16(12-20(14)28)26-30-21-13-17(9-10-22(21)33-26)29-25(31)19-11-15-5-3-4-6-18(15)23(27)24(19)32-2/h3-13H,1-2H3,(H,29,31). The van der Waals surface area contributed by atoms with E-state index in [1.165, 1.54) is 0 Å². The Labute approximate surface area is 203 Å². The van der Waals surface area contributed by atoms with Gasteiger partial charge in [-0.1, -0.05) is 41.9 Å². The molecule has 4 aromatic carbocycles. The van der Waals surface area contributed by atoms with E-state index in [2.05, 4.69) is 26.2 Å². The summed E-state index contributed by atoms with van der Waals surface area (Å²) in [6.45, 7) is 1.94. The zero-order valence-electron chi connectivity index (χ0n) is 17.8. The van der Waals surface area contributed by atoms with E-state index in [4.69, 9.17) is 20.8 Å². The van der Waals surface area contributed by atoms with Crippen molar-refractivity contribution in [2.24, 2.45) is 0 Å². The number of aryl methyl sites for hydroxylation is 1. The number of carbonyl (C=O) groups is 1. The molecule has 0 aliphatic rings. The average Bonchev–Trinajstić information content (AvgIpc) is 3.24. The molecular formula is C26H18BrClN2O3. The van der Waals surface area contributed by atoms with E-state index in [9.17, 15) is 4.79 Å². The maximum absolute atomic E-state index is 13.2. The number of hydrogen-bond donors (Lipinski definition) is 1. The molecule has 164 valence electrons. The quantitative estimate of drug-likeness (QED) is 0.264. The number of ether oxygens (including phenoxy) is 1. The van der Waals surface area contributed by atoms with E-state index >= 15 is 0 Å². The highest BCUT2D eigenvalue weighted by Crippen LogP contribution is 2.37. The lowest BCUT2D eigenvalue weighted by Gasteiger charge is -2.13. The number of aromatic nitrogens is 1. The van der Waals surface area contributed by atoms with E-state index < -0.39 is 0 Å². The summed E-state index contributed by atoms with van der Waals surface area (Å²) in [5, 5.41) is 5.50. The first-order chi connectivity index (χ1) is 15.9. The number of anilines is 1. The summed E-state index contributed by atoms with van der Waals surface area (Å²) in [6, 6.07) is 20.6. The Balaban J connectivity index is 1.48. The maximum Gasteiger partial charge on any atom is 0.259 e. The Morgan fingerprint density at radius 2 is 1.91 bits per heavy atom. The summed E-state index contributed by atoms with van der Waals surface area (Å²) < 4.78 is 12.2. The van der Waals surface area contributed by atoms with Gasteiger partial charge < -0.3 is 14.5 Å². The largest absolute Gasteiger partial charge is 0.495 e. The summed E-state index contributed by atoms with van der Waals surface area (Å²) >= 11 is 9.82. The van der Waals surface area contributed by atoms with Crippen LogP contribution in [0.5, 0.6) is 5.75 Å². The number of hydrogen-bond acceptors (Lipinski definition) is 4. The molecule has 5 nitrogen and oxygen atoms in total. The molecule has 5 rings (SSSR count). The minimum Gasteiger partial charge on any atom is -0.495 e. The molecule has 0 atom stereocenters. The lowest BCUT2D eigenvalue weighted by molar-refractivity contribution is 0.102. The Kier molecular flexibility index (Phi) is 5.56. The first-order valence-corrected chi connectivity index (χ1v) is 11.4. The molecule has 0 aliphatic carbocycles. The number of amides is 1. The summed E-state index contributed by atoms with van der Waals surface area (Å²) in [7, 11) is 1.55. The second-order valence-electron chi connectivity index (χ2n) is 7.61. The van der Waals surface area contributed by atoms with Gasteiger partial charge in [0.2, 0.25) is 5.89 Å². The Hall–Kier alpha value is -3.35. The van der Waals surface area contributed by atoms with Crippen LogP contribution in [-0.4, -0.2) is 18.0 Å². The van der Waals surface area contributed by atoms with E-state index in [1.807, 2.05) is 55.5 Å². The second kappa shape index (κ2) is 8.54. The molecule has 0 saturated heterocycles. The number of rotatable bonds is 4. The Morgan fingerprint density at radius 1 is 1.09 bits per heavy atom. The first kappa shape index (κ1) is 21.5. The van der Waals surface area contributed by atoms with Gasteiger partial charge in [0.1, 0.15) is 11.3 Å². The van der Waals surface area contributed by atoms with Crippen LogP contribution >= 0.6 is 27.5 Å². The molecule has 0 saturated carbocycles. The number of methoxy groups -OCH3 is 1. The fourth-order valence-electron chi connectivity index (χ4n) is 3.71. The predicted molar refractivity (Wildman–Crippen MR) is 135 cm³/mol. The van der Waals surface area contributed by atoms with Crippen LogP contribution in [0.3, 0.4) is 0 Å². The first-order valence-electron chi connectivity index (χ1n) is 10.2. The van der Waals surface area contributed by atoms with Gasteiger partial charge in [0.25, 0.3) is 5.91 Å². The number of carbonyl (C=O) groups excluding carboxylic acids is 1. The minimum atomic E-state index is -0.285. The highest BCUT2D eigenvalue weighted by molar-refractivity contribution is 9.10. The van der Waals surface area contributed by atoms with Gasteiger partial charge in [-0.25, -0.2) is 4.98 Å². The molecule has 1 heterocycles. The van der Waals surface area contributed by atoms with Crippen molar-refractivity contribution < 1.29 is 13.9 Å². The fourth-order valence-corrected chi connectivity index (χ4v) is 4.62. The summed E-state index contributed by atoms with van der Waals surface area (Å²) in [5.41, 5.74) is 4.05. The smallest absolute Gasteiger partial charge is 0.259 e. The Morgan fingerprint density at radius 3 is 2.70 bits per heavy atom. The third-order valence-corrected chi connectivity index (χ3v) is 6.65. The van der Waals surface area contributed by atoms with Crippen LogP contribution in [-0.2, 0) is 0 Å². The van der Waals surface area contributed by atoms with Crippen molar-refractivity contribution in [1.82, 2.24) is 4.98 Å². The minimum absolute atomic E-state index is 0.285. The van der Waals surface area contributed by atoms with E-state index in [0.29, 0.717) is 39.0 Å². The topological polar surface area (TPSA) is 64.4 Å². The zero-order chi connectivity index (χ0) is 23.1. The summed E-state index contributed by atoms with van der Waals surface area (Å²) in [5.74, 6) is 0.662. The van der Waals surface area contributed by atoms with E-state index in [1.54, 1.807) is 25.3 Å². The molecule has 33 heavy (non-hydrogen) atoms. The number of nitrogens with zero attached hydrogens (tertiary/aromatic N) is 1. The molecule has 0 radical (unpaired) electrons. The van der Waals surface area contributed by atoms with Crippen molar-refractivity contribution in [2.45, 2.75) is 6.92 Å². The van der Waals surface area contributed by atoms with Gasteiger partial charge in [0.05, 0.1) is 17.1 Å². The summed E-state index contributed by atoms with van der Waals surface area (Å²) in [4.78, 5) is 17.7. The number of halogens is 2. The van der Waals surface area contributed by atoms with Gasteiger partial charge in [-0.2, -0.15) is 0 Å². The number of nitrogens with one attached hydrogen (secondary N) is 1. The van der Waals surface area contributed by atoms with Crippen LogP contribution in [0, 0.1) is 6.92 Å². The predicted octanol–water partition coefficient (Wildman–Crippen LogP) is 7.63. The van der Waals surface area contributed by atoms with Gasteiger partial charge >= 0.3 is 0 Å². The average molecular weight is 522 g/mol. The SMILES string of the molecule is COc1c(C(=O)Nc2ccc3oc(-c4ccc(C)c(Cl)c4)nc3c2)cc2ccccc2c1Br. The molecule has 0 aliphatic heterocycles. The van der Waals surface area contributed by atoms with Crippen LogP contribution in [0.2, 0.25) is 5.02 Å². The Bertz CT molecular complexity index is 1540. The fraction of sp³-hybridized carbons (Fsp3) is 0.0769. The van der Waals surface area contributed by atoms with Gasteiger partial charge in [0.15, 0.2) is 5.58 Å². The lowest BCUT2D eigenvalue weighted by atomic mass is 10.1. The van der Waals surface area contributed by atoms with Crippen molar-refractivity contribution in [3.63, 3.8) is 0 Å². The van der Waals surface area contributed by atoms with Crippen LogP contribution in [0.25, 0.3) is 33.3 Å². The van der Waals surface area contributed by atoms with E-state index in [-0.39, 0.29) is 5.91 Å². The van der Waals surface area contributed by atoms with E-state index in [0.717, 1.165) is 26.4 Å². The van der Waals surface area contributed by atoms with Crippen molar-refractivity contribution in [3.05, 3.63) is 87.4 Å². The van der Waals surface area contributed by atoms with Crippen molar-refractivity contribution >= 4 is 61.0 Å². The zero-order valence-corrected chi connectivity index (χ0v) is 20.1. The molecule has 0 fully saturated rings. The maximum atomic E-state index is 13.2. The van der Waals surface area contributed by atoms with Crippen molar-refractivity contribution in [1.29, 1.82) is 0 Å². The van der Waals surface area contributed by atoms with Gasteiger partial charge in [0, 0.05) is 16.3 Å². The molecule has 0 unspecified atom stereocenters. The normalized spacial score (nSPS) is 11.2. The van der Waals surface area contributed by atoms with Gasteiger partial charge in [-0.15, -0.1) is 0 Å². The summed E-state index contributed by atoms with van der Waals surface area (Å²) in [6.07, 6.45) is 0. The second-order valence-corrected chi connectivity index (χ2v) is 8.81. The molecule has 1 N–H and O–H groups in total. The molecule has 0 spiro atoms. The lowest BCUT2D eigenvalue weighted by Crippen LogP contribution is -2.13. The molecule has 7 heteroatoms. The number of fused-ring (bicyclic) bond motifs is 2. The highest BCUT2D eigenvalue weighted by Gasteiger charge is 2.19. The van der Waals surface area contributed by atoms with Crippen LogP contribution in [0.4, 0.5) is 5.69 Å². The van der Waals surface area contributed by atoms with Crippen LogP contribution in [0.1, 0.15) is 15.9 Å². The van der Waals surface area contributed by atoms with Gasteiger partial charge in [-0.05, 0) is 75.6 Å². The van der Waals surface area contributed by atoms with Crippen LogP contribution < -0.4 is 10.1 Å². The third kappa shape index (κ3) is 3.96. The van der Waals surface area contributed by atoms with Crippen LogP contribution in [0.15, 0.2) is 75.6 Å². The highest BCUT2D eigenvalue weighted by atomic mass is 79.9. The molecule has 1 amide bonds. The van der Waals surface area contributed by atoms with Gasteiger partial charge in [-0.3, -0.25) is 4.79 Å². The molecule has 1 aromatic heterocycles. The van der Waals surface area contributed by atoms with Crippen molar-refractivity contribution in [3.8, 4) is 17.2 Å². The molecule has 0 bridgehead atoms. The van der Waals surface area contributed by atoms with Crippen molar-refractivity contribution in [2.75, 3.05) is 12.4 Å². The third-order valence-electron chi connectivity index (χ3n) is 5.45.